The van der Waals surface area contributed by atoms with Gasteiger partial charge in [-0.1, -0.05) is 6.92 Å². The molecule has 1 saturated carbocycles. The topological polar surface area (TPSA) is 57.7 Å². The molecule has 0 bridgehead atoms. The van der Waals surface area contributed by atoms with Crippen LogP contribution in [-0.4, -0.2) is 44.5 Å². The predicted octanol–water partition coefficient (Wildman–Crippen LogP) is 2.96. The standard InChI is InChI=1S/C17H21F2N5/c1-10-6-12(15-20-22-23-21-15)7-11(2)13(10)8-24-5-4-14-16(3,9-24)17(14,18)19/h6-7,14H,4-5,8-9H2,1-3H3,(H,20,21,22,23)/t14-,16+/m0/s1. The summed E-state index contributed by atoms with van der Waals surface area (Å²) >= 11 is 0. The van der Waals surface area contributed by atoms with E-state index in [1.165, 1.54) is 5.56 Å². The first-order valence-electron chi connectivity index (χ1n) is 8.27. The lowest BCUT2D eigenvalue weighted by atomic mass is 9.95. The van der Waals surface area contributed by atoms with Crippen LogP contribution in [0.15, 0.2) is 12.1 Å². The SMILES string of the molecule is Cc1cc(-c2nn[nH]n2)cc(C)c1CN1CC[C@@H]2C(F)(F)[C@]2(C)C1. The van der Waals surface area contributed by atoms with Gasteiger partial charge in [-0.2, -0.15) is 5.21 Å². The summed E-state index contributed by atoms with van der Waals surface area (Å²) in [4.78, 5) is 2.17. The summed E-state index contributed by atoms with van der Waals surface area (Å²) in [6.07, 6.45) is 0.586. The molecule has 2 fully saturated rings. The van der Waals surface area contributed by atoms with Gasteiger partial charge in [0.2, 0.25) is 5.82 Å². The third-order valence-electron chi connectivity index (χ3n) is 5.85. The van der Waals surface area contributed by atoms with Crippen LogP contribution in [0, 0.1) is 25.2 Å². The monoisotopic (exact) mass is 333 g/mol. The number of piperidine rings is 1. The molecule has 0 spiro atoms. The largest absolute Gasteiger partial charge is 0.298 e. The van der Waals surface area contributed by atoms with Crippen molar-refractivity contribution in [1.82, 2.24) is 25.5 Å². The fourth-order valence-electron chi connectivity index (χ4n) is 4.26. The number of alkyl halides is 2. The molecule has 0 amide bonds. The average molecular weight is 333 g/mol. The summed E-state index contributed by atoms with van der Waals surface area (Å²) < 4.78 is 27.8. The van der Waals surface area contributed by atoms with Crippen LogP contribution in [0.4, 0.5) is 8.78 Å². The van der Waals surface area contributed by atoms with Crippen LogP contribution in [0.2, 0.25) is 0 Å². The van der Waals surface area contributed by atoms with Crippen LogP contribution in [0.3, 0.4) is 0 Å². The van der Waals surface area contributed by atoms with Crippen LogP contribution in [-0.2, 0) is 6.54 Å². The molecule has 2 heterocycles. The third-order valence-corrected chi connectivity index (χ3v) is 5.85. The van der Waals surface area contributed by atoms with Crippen molar-refractivity contribution >= 4 is 0 Å². The zero-order valence-corrected chi connectivity index (χ0v) is 14.1. The Morgan fingerprint density at radius 3 is 2.58 bits per heavy atom. The molecular weight excluding hydrogens is 312 g/mol. The highest BCUT2D eigenvalue weighted by Crippen LogP contribution is 2.69. The number of likely N-dealkylation sites (tertiary alicyclic amines) is 1. The number of rotatable bonds is 3. The summed E-state index contributed by atoms with van der Waals surface area (Å²) in [5.74, 6) is -2.35. The van der Waals surface area contributed by atoms with Gasteiger partial charge < -0.3 is 0 Å². The van der Waals surface area contributed by atoms with Crippen molar-refractivity contribution in [3.05, 3.63) is 28.8 Å². The van der Waals surface area contributed by atoms with E-state index in [0.29, 0.717) is 25.3 Å². The minimum Gasteiger partial charge on any atom is -0.298 e. The Balaban J connectivity index is 1.55. The van der Waals surface area contributed by atoms with Crippen molar-refractivity contribution in [3.63, 3.8) is 0 Å². The smallest absolute Gasteiger partial charge is 0.258 e. The molecule has 1 aliphatic carbocycles. The Morgan fingerprint density at radius 1 is 1.29 bits per heavy atom. The molecule has 1 aromatic carbocycles. The normalized spacial score (nSPS) is 28.6. The van der Waals surface area contributed by atoms with Gasteiger partial charge in [-0.3, -0.25) is 4.90 Å². The number of fused-ring (bicyclic) bond motifs is 1. The minimum absolute atomic E-state index is 0.427. The van der Waals surface area contributed by atoms with Crippen LogP contribution in [0.1, 0.15) is 30.0 Å². The van der Waals surface area contributed by atoms with Crippen LogP contribution >= 0.6 is 0 Å². The molecule has 1 N–H and O–H groups in total. The summed E-state index contributed by atoms with van der Waals surface area (Å²) in [6, 6.07) is 4.07. The highest BCUT2D eigenvalue weighted by molar-refractivity contribution is 5.58. The number of hydrogen-bond donors (Lipinski definition) is 1. The van der Waals surface area contributed by atoms with Crippen molar-refractivity contribution in [1.29, 1.82) is 0 Å². The molecular formula is C17H21F2N5. The molecule has 2 atom stereocenters. The zero-order valence-electron chi connectivity index (χ0n) is 14.1. The van der Waals surface area contributed by atoms with E-state index in [0.717, 1.165) is 23.2 Å². The lowest BCUT2D eigenvalue weighted by molar-refractivity contribution is 0.0554. The van der Waals surface area contributed by atoms with Gasteiger partial charge in [0.05, 0.1) is 5.41 Å². The van der Waals surface area contributed by atoms with Gasteiger partial charge in [0, 0.05) is 24.6 Å². The molecule has 5 nitrogen and oxygen atoms in total. The molecule has 7 heteroatoms. The fourth-order valence-corrected chi connectivity index (χ4v) is 4.26. The molecule has 2 aromatic rings. The first-order chi connectivity index (χ1) is 11.3. The maximum Gasteiger partial charge on any atom is 0.258 e. The van der Waals surface area contributed by atoms with Gasteiger partial charge in [0.1, 0.15) is 0 Å². The van der Waals surface area contributed by atoms with E-state index < -0.39 is 17.3 Å². The Labute approximate surface area is 139 Å². The van der Waals surface area contributed by atoms with Crippen molar-refractivity contribution in [3.8, 4) is 11.4 Å². The quantitative estimate of drug-likeness (QED) is 0.938. The number of aryl methyl sites for hydroxylation is 2. The molecule has 1 saturated heterocycles. The number of H-pyrrole nitrogens is 1. The van der Waals surface area contributed by atoms with E-state index in [4.69, 9.17) is 0 Å². The molecule has 128 valence electrons. The third kappa shape index (κ3) is 2.17. The second-order valence-corrected chi connectivity index (χ2v) is 7.42. The highest BCUT2D eigenvalue weighted by atomic mass is 19.3. The number of nitrogens with one attached hydrogen (secondary N) is 1. The van der Waals surface area contributed by atoms with E-state index >= 15 is 0 Å². The number of benzene rings is 1. The van der Waals surface area contributed by atoms with E-state index in [2.05, 4.69) is 25.5 Å². The molecule has 0 radical (unpaired) electrons. The Kier molecular flexibility index (Phi) is 3.29. The second kappa shape index (κ2) is 5.05. The molecule has 2 aliphatic rings. The Hall–Kier alpha value is -1.89. The van der Waals surface area contributed by atoms with Crippen LogP contribution < -0.4 is 0 Å². The fraction of sp³-hybridized carbons (Fsp3) is 0.588. The molecule has 4 rings (SSSR count). The van der Waals surface area contributed by atoms with Crippen molar-refractivity contribution in [2.45, 2.75) is 39.7 Å². The molecule has 0 unspecified atom stereocenters. The van der Waals surface area contributed by atoms with Gasteiger partial charge in [0.15, 0.2) is 0 Å². The van der Waals surface area contributed by atoms with E-state index in [1.807, 2.05) is 26.0 Å². The van der Waals surface area contributed by atoms with Crippen LogP contribution in [0.25, 0.3) is 11.4 Å². The van der Waals surface area contributed by atoms with Crippen LogP contribution in [0.5, 0.6) is 0 Å². The Bertz CT molecular complexity index is 750. The van der Waals surface area contributed by atoms with Crippen molar-refractivity contribution in [2.24, 2.45) is 11.3 Å². The van der Waals surface area contributed by atoms with Gasteiger partial charge in [-0.25, -0.2) is 8.78 Å². The van der Waals surface area contributed by atoms with Crippen molar-refractivity contribution < 1.29 is 8.78 Å². The molecule has 24 heavy (non-hydrogen) atoms. The number of nitrogens with zero attached hydrogens (tertiary/aromatic N) is 4. The van der Waals surface area contributed by atoms with Gasteiger partial charge >= 0.3 is 0 Å². The maximum absolute atomic E-state index is 13.9. The summed E-state index contributed by atoms with van der Waals surface area (Å²) in [7, 11) is 0. The maximum atomic E-state index is 13.9. The predicted molar refractivity (Wildman–Crippen MR) is 85.5 cm³/mol. The minimum atomic E-state index is -2.49. The van der Waals surface area contributed by atoms with Crippen molar-refractivity contribution in [2.75, 3.05) is 13.1 Å². The van der Waals surface area contributed by atoms with Gasteiger partial charge in [-0.05, 0) is 60.8 Å². The zero-order chi connectivity index (χ0) is 17.1. The number of halogens is 2. The summed E-state index contributed by atoms with van der Waals surface area (Å²) in [6.45, 7) is 7.74. The number of hydrogen-bond acceptors (Lipinski definition) is 4. The summed E-state index contributed by atoms with van der Waals surface area (Å²) in [5.41, 5.74) is 3.54. The first kappa shape index (κ1) is 15.6. The van der Waals surface area contributed by atoms with E-state index in [-0.39, 0.29) is 0 Å². The number of aromatic amines is 1. The molecule has 1 aliphatic heterocycles. The number of aromatic nitrogens is 4. The summed E-state index contributed by atoms with van der Waals surface area (Å²) in [5, 5.41) is 14.1. The second-order valence-electron chi connectivity index (χ2n) is 7.42. The van der Waals surface area contributed by atoms with E-state index in [9.17, 15) is 8.78 Å². The lowest BCUT2D eigenvalue weighted by Gasteiger charge is -2.30. The molecule has 1 aromatic heterocycles. The van der Waals surface area contributed by atoms with Gasteiger partial charge in [-0.15, -0.1) is 10.2 Å². The van der Waals surface area contributed by atoms with Gasteiger partial charge in [0.25, 0.3) is 5.92 Å². The Morgan fingerprint density at radius 2 is 2.00 bits per heavy atom. The van der Waals surface area contributed by atoms with E-state index in [1.54, 1.807) is 6.92 Å². The number of tetrazole rings is 1. The first-order valence-corrected chi connectivity index (χ1v) is 8.27. The lowest BCUT2D eigenvalue weighted by Crippen LogP contribution is -2.36. The average Bonchev–Trinajstić information content (AvgIpc) is 2.90. The highest BCUT2D eigenvalue weighted by Gasteiger charge is 2.78.